The van der Waals surface area contributed by atoms with Crippen molar-refractivity contribution in [3.8, 4) is 0 Å². The summed E-state index contributed by atoms with van der Waals surface area (Å²) in [4.78, 5) is 28.6. The number of anilines is 1. The van der Waals surface area contributed by atoms with Gasteiger partial charge < -0.3 is 15.3 Å². The quantitative estimate of drug-likeness (QED) is 0.829. The van der Waals surface area contributed by atoms with E-state index >= 15 is 0 Å². The Kier molecular flexibility index (Phi) is 5.76. The van der Waals surface area contributed by atoms with Crippen LogP contribution in [-0.2, 0) is 9.59 Å². The number of nitrogens with zero attached hydrogens (tertiary/aromatic N) is 2. The van der Waals surface area contributed by atoms with Crippen LogP contribution in [0.15, 0.2) is 18.3 Å². The fourth-order valence-corrected chi connectivity index (χ4v) is 1.73. The van der Waals surface area contributed by atoms with Crippen molar-refractivity contribution in [2.75, 3.05) is 18.5 Å². The number of carboxylic acid groups (broad SMARTS) is 1. The van der Waals surface area contributed by atoms with Gasteiger partial charge in [0.2, 0.25) is 5.91 Å². The number of carbonyl (C=O) groups excluding carboxylic acids is 1. The molecule has 1 heterocycles. The van der Waals surface area contributed by atoms with Crippen LogP contribution in [0.1, 0.15) is 13.8 Å². The number of carboxylic acids is 1. The van der Waals surface area contributed by atoms with E-state index in [0.717, 1.165) is 0 Å². The van der Waals surface area contributed by atoms with Gasteiger partial charge in [0.25, 0.3) is 0 Å². The molecular weight excluding hydrogens is 282 g/mol. The van der Waals surface area contributed by atoms with E-state index in [9.17, 15) is 9.59 Å². The molecule has 2 N–H and O–H groups in total. The average Bonchev–Trinajstić information content (AvgIpc) is 2.35. The first kappa shape index (κ1) is 16.2. The maximum Gasteiger partial charge on any atom is 0.326 e. The number of amides is 1. The van der Waals surface area contributed by atoms with Gasteiger partial charge in [-0.25, -0.2) is 9.78 Å². The van der Waals surface area contributed by atoms with E-state index in [-0.39, 0.29) is 18.4 Å². The summed E-state index contributed by atoms with van der Waals surface area (Å²) in [6, 6.07) is 2.47. The third-order valence-corrected chi connectivity index (χ3v) is 2.96. The van der Waals surface area contributed by atoms with Gasteiger partial charge in [-0.05, 0) is 18.1 Å². The molecule has 1 amide bonds. The summed E-state index contributed by atoms with van der Waals surface area (Å²) in [5.41, 5.74) is 0. The Hall–Kier alpha value is -1.82. The number of hydrogen-bond acceptors (Lipinski definition) is 4. The number of nitrogens with one attached hydrogen (secondary N) is 1. The fourth-order valence-electron chi connectivity index (χ4n) is 1.62. The van der Waals surface area contributed by atoms with Gasteiger partial charge in [-0.1, -0.05) is 25.4 Å². The largest absolute Gasteiger partial charge is 0.480 e. The SMILES string of the molecule is CC(C)[C@@H](NC(=O)CN(C)c1ccc(Cl)cn1)C(=O)O. The molecule has 0 bridgehead atoms. The highest BCUT2D eigenvalue weighted by Crippen LogP contribution is 2.12. The molecule has 1 aromatic rings. The minimum Gasteiger partial charge on any atom is -0.480 e. The molecule has 6 nitrogen and oxygen atoms in total. The highest BCUT2D eigenvalue weighted by Gasteiger charge is 2.23. The molecule has 0 unspecified atom stereocenters. The fraction of sp³-hybridized carbons (Fsp3) is 0.462. The van der Waals surface area contributed by atoms with E-state index in [0.29, 0.717) is 10.8 Å². The van der Waals surface area contributed by atoms with Gasteiger partial charge in [-0.3, -0.25) is 4.79 Å². The summed E-state index contributed by atoms with van der Waals surface area (Å²) in [6.45, 7) is 3.50. The maximum absolute atomic E-state index is 11.8. The normalized spacial score (nSPS) is 12.1. The van der Waals surface area contributed by atoms with Gasteiger partial charge >= 0.3 is 5.97 Å². The lowest BCUT2D eigenvalue weighted by Gasteiger charge is -2.21. The summed E-state index contributed by atoms with van der Waals surface area (Å²) < 4.78 is 0. The van der Waals surface area contributed by atoms with Crippen LogP contribution in [0.5, 0.6) is 0 Å². The Balaban J connectivity index is 2.61. The van der Waals surface area contributed by atoms with Crippen LogP contribution in [-0.4, -0.2) is 41.6 Å². The molecule has 0 saturated carbocycles. The van der Waals surface area contributed by atoms with Crippen molar-refractivity contribution in [3.63, 3.8) is 0 Å². The molecule has 0 aliphatic heterocycles. The molecule has 0 radical (unpaired) electrons. The zero-order valence-corrected chi connectivity index (χ0v) is 12.4. The molecular formula is C13H18ClN3O3. The zero-order chi connectivity index (χ0) is 15.3. The summed E-state index contributed by atoms with van der Waals surface area (Å²) in [5, 5.41) is 12.0. The predicted octanol–water partition coefficient (Wildman–Crippen LogP) is 1.40. The van der Waals surface area contributed by atoms with Gasteiger partial charge in [0, 0.05) is 13.2 Å². The van der Waals surface area contributed by atoms with Crippen molar-refractivity contribution < 1.29 is 14.7 Å². The first-order chi connectivity index (χ1) is 9.31. The molecule has 0 aromatic carbocycles. The predicted molar refractivity (Wildman–Crippen MR) is 76.9 cm³/mol. The second-order valence-electron chi connectivity index (χ2n) is 4.82. The molecule has 110 valence electrons. The summed E-state index contributed by atoms with van der Waals surface area (Å²) >= 11 is 5.74. The minimum absolute atomic E-state index is 0.0190. The van der Waals surface area contributed by atoms with Crippen LogP contribution in [0, 0.1) is 5.92 Å². The van der Waals surface area contributed by atoms with E-state index in [1.807, 2.05) is 0 Å². The van der Waals surface area contributed by atoms with Crippen LogP contribution < -0.4 is 10.2 Å². The lowest BCUT2D eigenvalue weighted by Crippen LogP contribution is -2.47. The third kappa shape index (κ3) is 4.70. The number of rotatable bonds is 6. The number of aliphatic carboxylic acids is 1. The van der Waals surface area contributed by atoms with Crippen molar-refractivity contribution in [1.82, 2.24) is 10.3 Å². The van der Waals surface area contributed by atoms with Crippen LogP contribution in [0.4, 0.5) is 5.82 Å². The molecule has 0 spiro atoms. The Labute approximate surface area is 122 Å². The second-order valence-corrected chi connectivity index (χ2v) is 5.25. The number of pyridine rings is 1. The van der Waals surface area contributed by atoms with E-state index in [1.165, 1.54) is 6.20 Å². The lowest BCUT2D eigenvalue weighted by molar-refractivity contribution is -0.142. The first-order valence-corrected chi connectivity index (χ1v) is 6.54. The summed E-state index contributed by atoms with van der Waals surface area (Å²) in [7, 11) is 1.70. The Bertz CT molecular complexity index is 476. The van der Waals surface area contributed by atoms with Gasteiger partial charge in [0.15, 0.2) is 0 Å². The number of carbonyl (C=O) groups is 2. The molecule has 0 aliphatic rings. The number of aromatic nitrogens is 1. The lowest BCUT2D eigenvalue weighted by atomic mass is 10.0. The molecule has 0 fully saturated rings. The van der Waals surface area contributed by atoms with E-state index in [2.05, 4.69) is 10.3 Å². The van der Waals surface area contributed by atoms with E-state index < -0.39 is 12.0 Å². The van der Waals surface area contributed by atoms with Crippen LogP contribution in [0.2, 0.25) is 5.02 Å². The number of halogens is 1. The van der Waals surface area contributed by atoms with Gasteiger partial charge in [-0.2, -0.15) is 0 Å². The van der Waals surface area contributed by atoms with Crippen molar-refractivity contribution in [2.24, 2.45) is 5.92 Å². The van der Waals surface area contributed by atoms with Gasteiger partial charge in [0.05, 0.1) is 11.6 Å². The van der Waals surface area contributed by atoms with Crippen molar-refractivity contribution in [3.05, 3.63) is 23.4 Å². The Morgan fingerprint density at radius 3 is 2.55 bits per heavy atom. The van der Waals surface area contributed by atoms with Crippen LogP contribution >= 0.6 is 11.6 Å². The monoisotopic (exact) mass is 299 g/mol. The summed E-state index contributed by atoms with van der Waals surface area (Å²) in [6.07, 6.45) is 1.49. The van der Waals surface area contributed by atoms with Crippen molar-refractivity contribution in [2.45, 2.75) is 19.9 Å². The van der Waals surface area contributed by atoms with E-state index in [4.69, 9.17) is 16.7 Å². The Morgan fingerprint density at radius 1 is 1.45 bits per heavy atom. The van der Waals surface area contributed by atoms with Crippen molar-refractivity contribution >= 4 is 29.3 Å². The molecule has 1 rings (SSSR count). The minimum atomic E-state index is -1.04. The van der Waals surface area contributed by atoms with Gasteiger partial charge in [-0.15, -0.1) is 0 Å². The summed E-state index contributed by atoms with van der Waals surface area (Å²) in [5.74, 6) is -1.01. The first-order valence-electron chi connectivity index (χ1n) is 6.16. The molecule has 1 atom stereocenters. The smallest absolute Gasteiger partial charge is 0.326 e. The molecule has 7 heteroatoms. The topological polar surface area (TPSA) is 82.5 Å². The van der Waals surface area contributed by atoms with Gasteiger partial charge in [0.1, 0.15) is 11.9 Å². The molecule has 20 heavy (non-hydrogen) atoms. The standard InChI is InChI=1S/C13H18ClN3O3/c1-8(2)12(13(19)20)16-11(18)7-17(3)10-5-4-9(14)6-15-10/h4-6,8,12H,7H2,1-3H3,(H,16,18)(H,19,20)/t12-/m1/s1. The molecule has 1 aromatic heterocycles. The third-order valence-electron chi connectivity index (χ3n) is 2.73. The zero-order valence-electron chi connectivity index (χ0n) is 11.6. The number of hydrogen-bond donors (Lipinski definition) is 2. The molecule has 0 saturated heterocycles. The maximum atomic E-state index is 11.8. The number of likely N-dealkylation sites (N-methyl/N-ethyl adjacent to an activating group) is 1. The highest BCUT2D eigenvalue weighted by molar-refractivity contribution is 6.30. The molecule has 0 aliphatic carbocycles. The van der Waals surface area contributed by atoms with E-state index in [1.54, 1.807) is 37.9 Å². The highest BCUT2D eigenvalue weighted by atomic mass is 35.5. The second kappa shape index (κ2) is 7.09. The van der Waals surface area contributed by atoms with Crippen LogP contribution in [0.25, 0.3) is 0 Å². The van der Waals surface area contributed by atoms with Crippen molar-refractivity contribution in [1.29, 1.82) is 0 Å². The average molecular weight is 300 g/mol. The van der Waals surface area contributed by atoms with Crippen LogP contribution in [0.3, 0.4) is 0 Å². The Morgan fingerprint density at radius 2 is 2.10 bits per heavy atom.